The Hall–Kier alpha value is -2.97. The van der Waals surface area contributed by atoms with Gasteiger partial charge < -0.3 is 16.0 Å². The van der Waals surface area contributed by atoms with Crippen LogP contribution < -0.4 is 11.1 Å². The van der Waals surface area contributed by atoms with Crippen molar-refractivity contribution in [3.05, 3.63) is 75.8 Å². The SMILES string of the molecule is CC(NC(=O)c1cccc([N+](=O)[O-])c1)C(=O)N1C[C@@H](N)[C@H](c2ccccc2)C1.Cl. The Labute approximate surface area is 174 Å². The predicted molar refractivity (Wildman–Crippen MR) is 111 cm³/mol. The Bertz CT molecular complexity index is 893. The molecule has 2 aromatic carbocycles. The molecule has 8 nitrogen and oxygen atoms in total. The molecule has 0 radical (unpaired) electrons. The van der Waals surface area contributed by atoms with Gasteiger partial charge in [0.15, 0.2) is 0 Å². The van der Waals surface area contributed by atoms with Gasteiger partial charge in [0.05, 0.1) is 4.92 Å². The largest absolute Gasteiger partial charge is 0.341 e. The number of amides is 2. The second-order valence-corrected chi connectivity index (χ2v) is 6.93. The maximum atomic E-state index is 12.8. The molecule has 3 rings (SSSR count). The Morgan fingerprint density at radius 1 is 1.17 bits per heavy atom. The minimum absolute atomic E-state index is 0. The molecule has 1 aliphatic heterocycles. The lowest BCUT2D eigenvalue weighted by atomic mass is 9.95. The van der Waals surface area contributed by atoms with Crippen molar-refractivity contribution in [3.8, 4) is 0 Å². The van der Waals surface area contributed by atoms with Crippen molar-refractivity contribution in [1.82, 2.24) is 10.2 Å². The second kappa shape index (κ2) is 9.49. The zero-order chi connectivity index (χ0) is 20.3. The summed E-state index contributed by atoms with van der Waals surface area (Å²) in [6.45, 7) is 2.50. The molecular weight excluding hydrogens is 396 g/mol. The van der Waals surface area contributed by atoms with E-state index in [2.05, 4.69) is 5.32 Å². The van der Waals surface area contributed by atoms with Crippen molar-refractivity contribution >= 4 is 29.9 Å². The Kier molecular flexibility index (Phi) is 7.30. The second-order valence-electron chi connectivity index (χ2n) is 6.93. The first-order chi connectivity index (χ1) is 13.4. The third-order valence-corrected chi connectivity index (χ3v) is 4.94. The van der Waals surface area contributed by atoms with E-state index in [9.17, 15) is 19.7 Å². The number of nitrogens with two attached hydrogens (primary N) is 1. The molecular formula is C20H23ClN4O4. The maximum Gasteiger partial charge on any atom is 0.270 e. The first-order valence-corrected chi connectivity index (χ1v) is 9.01. The Morgan fingerprint density at radius 2 is 1.86 bits per heavy atom. The molecule has 0 bridgehead atoms. The van der Waals surface area contributed by atoms with E-state index >= 15 is 0 Å². The molecule has 1 aliphatic rings. The fourth-order valence-electron chi connectivity index (χ4n) is 3.44. The Morgan fingerprint density at radius 3 is 2.52 bits per heavy atom. The molecule has 1 heterocycles. The number of rotatable bonds is 5. The predicted octanol–water partition coefficient (Wildman–Crippen LogP) is 2.09. The summed E-state index contributed by atoms with van der Waals surface area (Å²) in [6, 6.07) is 14.2. The van der Waals surface area contributed by atoms with E-state index in [1.54, 1.807) is 11.8 Å². The van der Waals surface area contributed by atoms with Crippen LogP contribution in [-0.4, -0.2) is 46.8 Å². The lowest BCUT2D eigenvalue weighted by Gasteiger charge is -2.21. The number of benzene rings is 2. The summed E-state index contributed by atoms with van der Waals surface area (Å²) < 4.78 is 0. The Balaban J connectivity index is 0.00000300. The van der Waals surface area contributed by atoms with Crippen molar-refractivity contribution < 1.29 is 14.5 Å². The third kappa shape index (κ3) is 5.10. The zero-order valence-corrected chi connectivity index (χ0v) is 16.7. The van der Waals surface area contributed by atoms with E-state index in [0.29, 0.717) is 13.1 Å². The molecule has 9 heteroatoms. The number of nitro groups is 1. The molecule has 3 N–H and O–H groups in total. The van der Waals surface area contributed by atoms with Crippen LogP contribution in [0.2, 0.25) is 0 Å². The molecule has 2 aromatic rings. The van der Waals surface area contributed by atoms with E-state index in [1.807, 2.05) is 30.3 Å². The molecule has 1 fully saturated rings. The van der Waals surface area contributed by atoms with Crippen LogP contribution in [0, 0.1) is 10.1 Å². The fourth-order valence-corrected chi connectivity index (χ4v) is 3.44. The molecule has 0 aliphatic carbocycles. The molecule has 0 aromatic heterocycles. The first-order valence-electron chi connectivity index (χ1n) is 9.01. The normalized spacial score (nSPS) is 19.2. The molecule has 3 atom stereocenters. The zero-order valence-electron chi connectivity index (χ0n) is 15.9. The molecule has 1 saturated heterocycles. The van der Waals surface area contributed by atoms with Gasteiger partial charge in [-0.05, 0) is 18.6 Å². The minimum Gasteiger partial charge on any atom is -0.341 e. The van der Waals surface area contributed by atoms with Gasteiger partial charge in [-0.2, -0.15) is 0 Å². The van der Waals surface area contributed by atoms with Gasteiger partial charge in [-0.1, -0.05) is 36.4 Å². The van der Waals surface area contributed by atoms with Crippen molar-refractivity contribution in [3.63, 3.8) is 0 Å². The van der Waals surface area contributed by atoms with Crippen molar-refractivity contribution in [1.29, 1.82) is 0 Å². The number of carbonyl (C=O) groups excluding carboxylic acids is 2. The van der Waals surface area contributed by atoms with Crippen LogP contribution in [0.15, 0.2) is 54.6 Å². The van der Waals surface area contributed by atoms with Crippen LogP contribution in [0.1, 0.15) is 28.8 Å². The van der Waals surface area contributed by atoms with Gasteiger partial charge in [-0.3, -0.25) is 19.7 Å². The lowest BCUT2D eigenvalue weighted by molar-refractivity contribution is -0.384. The van der Waals surface area contributed by atoms with Crippen LogP contribution in [0.25, 0.3) is 0 Å². The summed E-state index contributed by atoms with van der Waals surface area (Å²) in [5.41, 5.74) is 7.27. The highest BCUT2D eigenvalue weighted by Crippen LogP contribution is 2.26. The standard InChI is InChI=1S/C20H22N4O4.ClH/c1-13(22-19(25)15-8-5-9-16(10-15)24(27)28)20(26)23-11-17(18(21)12-23)14-6-3-2-4-7-14;/h2-10,13,17-18H,11-12,21H2,1H3,(H,22,25);1H/t13?,17-,18+;/m0./s1. The van der Waals surface area contributed by atoms with Gasteiger partial charge in [0.2, 0.25) is 5.91 Å². The number of hydrogen-bond donors (Lipinski definition) is 2. The highest BCUT2D eigenvalue weighted by molar-refractivity contribution is 5.97. The molecule has 0 spiro atoms. The van der Waals surface area contributed by atoms with Crippen LogP contribution >= 0.6 is 12.4 Å². The number of nitrogens with zero attached hydrogens (tertiary/aromatic N) is 2. The van der Waals surface area contributed by atoms with Crippen LogP contribution in [0.5, 0.6) is 0 Å². The van der Waals surface area contributed by atoms with E-state index in [4.69, 9.17) is 5.73 Å². The summed E-state index contributed by atoms with van der Waals surface area (Å²) >= 11 is 0. The average Bonchev–Trinajstić information content (AvgIpc) is 3.09. The minimum atomic E-state index is -0.770. The summed E-state index contributed by atoms with van der Waals surface area (Å²) in [4.78, 5) is 37.1. The summed E-state index contributed by atoms with van der Waals surface area (Å²) in [6.07, 6.45) is 0. The number of halogens is 1. The smallest absolute Gasteiger partial charge is 0.270 e. The summed E-state index contributed by atoms with van der Waals surface area (Å²) in [7, 11) is 0. The highest BCUT2D eigenvalue weighted by atomic mass is 35.5. The maximum absolute atomic E-state index is 12.8. The molecule has 2 amide bonds. The van der Waals surface area contributed by atoms with Crippen LogP contribution in [0.3, 0.4) is 0 Å². The number of non-ortho nitro benzene ring substituents is 1. The fraction of sp³-hybridized carbons (Fsp3) is 0.300. The van der Waals surface area contributed by atoms with Crippen LogP contribution in [0.4, 0.5) is 5.69 Å². The van der Waals surface area contributed by atoms with Gasteiger partial charge >= 0.3 is 0 Å². The van der Waals surface area contributed by atoms with Crippen molar-refractivity contribution in [2.24, 2.45) is 5.73 Å². The van der Waals surface area contributed by atoms with E-state index in [0.717, 1.165) is 5.56 Å². The molecule has 0 saturated carbocycles. The number of hydrogen-bond acceptors (Lipinski definition) is 5. The number of nitrogens with one attached hydrogen (secondary N) is 1. The van der Waals surface area contributed by atoms with Gasteiger partial charge in [0.25, 0.3) is 11.6 Å². The van der Waals surface area contributed by atoms with E-state index in [-0.39, 0.29) is 41.5 Å². The van der Waals surface area contributed by atoms with E-state index < -0.39 is 16.9 Å². The third-order valence-electron chi connectivity index (χ3n) is 4.94. The highest BCUT2D eigenvalue weighted by Gasteiger charge is 2.35. The summed E-state index contributed by atoms with van der Waals surface area (Å²) in [5.74, 6) is -0.717. The first kappa shape index (κ1) is 22.3. The monoisotopic (exact) mass is 418 g/mol. The van der Waals surface area contributed by atoms with Gasteiger partial charge in [-0.15, -0.1) is 12.4 Å². The molecule has 1 unspecified atom stereocenters. The average molecular weight is 419 g/mol. The molecule has 154 valence electrons. The number of likely N-dealkylation sites (tertiary alicyclic amines) is 1. The van der Waals surface area contributed by atoms with E-state index in [1.165, 1.54) is 24.3 Å². The lowest BCUT2D eigenvalue weighted by Crippen LogP contribution is -2.46. The van der Waals surface area contributed by atoms with Gasteiger partial charge in [-0.25, -0.2) is 0 Å². The summed E-state index contributed by atoms with van der Waals surface area (Å²) in [5, 5.41) is 13.5. The van der Waals surface area contributed by atoms with Gasteiger partial charge in [0.1, 0.15) is 6.04 Å². The number of carbonyl (C=O) groups is 2. The van der Waals surface area contributed by atoms with Crippen LogP contribution in [-0.2, 0) is 4.79 Å². The van der Waals surface area contributed by atoms with Gasteiger partial charge in [0, 0.05) is 42.7 Å². The topological polar surface area (TPSA) is 119 Å². The van der Waals surface area contributed by atoms with Crippen molar-refractivity contribution in [2.75, 3.05) is 13.1 Å². The quantitative estimate of drug-likeness (QED) is 0.569. The number of nitro benzene ring substituents is 1. The van der Waals surface area contributed by atoms with Crippen molar-refractivity contribution in [2.45, 2.75) is 24.9 Å². The molecule has 29 heavy (non-hydrogen) atoms.